The molecule has 0 aliphatic carbocycles. The number of hydrogen-bond donors (Lipinski definition) is 2. The van der Waals surface area contributed by atoms with Gasteiger partial charge in [0.1, 0.15) is 23.2 Å². The molecule has 37 heavy (non-hydrogen) atoms. The molecule has 190 valence electrons. The van der Waals surface area contributed by atoms with Gasteiger partial charge in [0.15, 0.2) is 0 Å². The topological polar surface area (TPSA) is 91.2 Å². The number of carbonyl (C=O) groups is 2. The number of hydrogen-bond acceptors (Lipinski definition) is 4. The normalized spacial score (nSPS) is 15.3. The average Bonchev–Trinajstić information content (AvgIpc) is 2.91. The van der Waals surface area contributed by atoms with Gasteiger partial charge in [-0.1, -0.05) is 48.0 Å². The van der Waals surface area contributed by atoms with Crippen LogP contribution in [-0.2, 0) is 16.0 Å². The zero-order chi connectivity index (χ0) is 26.4. The van der Waals surface area contributed by atoms with Crippen LogP contribution in [0.2, 0.25) is 5.02 Å². The molecular formula is C28H24ClF2N3O3. The smallest absolute Gasteiger partial charge is 0.251 e. The monoisotopic (exact) mass is 523 g/mol. The molecule has 0 unspecified atom stereocenters. The molecule has 1 fully saturated rings. The van der Waals surface area contributed by atoms with Gasteiger partial charge >= 0.3 is 0 Å². The minimum absolute atomic E-state index is 0.240. The molecule has 0 saturated carbocycles. The minimum Gasteiger partial charge on any atom is -0.381 e. The predicted octanol–water partition coefficient (Wildman–Crippen LogP) is 4.82. The van der Waals surface area contributed by atoms with Gasteiger partial charge in [-0.05, 0) is 35.9 Å². The quantitative estimate of drug-likeness (QED) is 0.465. The number of rotatable bonds is 7. The maximum Gasteiger partial charge on any atom is 0.251 e. The van der Waals surface area contributed by atoms with Crippen molar-refractivity contribution in [3.8, 4) is 17.2 Å². The fourth-order valence-corrected chi connectivity index (χ4v) is 4.43. The highest BCUT2D eigenvalue weighted by Crippen LogP contribution is 2.27. The van der Waals surface area contributed by atoms with Crippen LogP contribution in [-0.4, -0.2) is 36.6 Å². The van der Waals surface area contributed by atoms with Crippen molar-refractivity contribution in [1.82, 2.24) is 10.6 Å². The van der Waals surface area contributed by atoms with Gasteiger partial charge in [0.05, 0.1) is 6.07 Å². The highest BCUT2D eigenvalue weighted by atomic mass is 35.5. The summed E-state index contributed by atoms with van der Waals surface area (Å²) < 4.78 is 34.1. The first-order chi connectivity index (χ1) is 17.8. The number of carbonyl (C=O) groups excluding carboxylic acids is 2. The van der Waals surface area contributed by atoms with Gasteiger partial charge in [-0.3, -0.25) is 9.59 Å². The van der Waals surface area contributed by atoms with Crippen molar-refractivity contribution in [3.05, 3.63) is 94.5 Å². The summed E-state index contributed by atoms with van der Waals surface area (Å²) in [6.07, 6.45) is 0.0761. The summed E-state index contributed by atoms with van der Waals surface area (Å²) in [6.45, 7) is 0.565. The first-order valence-corrected chi connectivity index (χ1v) is 12.1. The predicted molar refractivity (Wildman–Crippen MR) is 135 cm³/mol. The highest BCUT2D eigenvalue weighted by molar-refractivity contribution is 6.33. The van der Waals surface area contributed by atoms with E-state index in [1.54, 1.807) is 30.3 Å². The number of nitriles is 1. The lowest BCUT2D eigenvalue weighted by Crippen LogP contribution is -2.57. The molecular weight excluding hydrogens is 500 g/mol. The third kappa shape index (κ3) is 6.13. The van der Waals surface area contributed by atoms with E-state index in [9.17, 15) is 23.6 Å². The van der Waals surface area contributed by atoms with Crippen molar-refractivity contribution in [3.63, 3.8) is 0 Å². The second-order valence-electron chi connectivity index (χ2n) is 8.78. The molecule has 0 aromatic heterocycles. The number of nitrogens with zero attached hydrogens (tertiary/aromatic N) is 1. The molecule has 0 bridgehead atoms. The Kier molecular flexibility index (Phi) is 8.17. The van der Waals surface area contributed by atoms with Gasteiger partial charge in [0.2, 0.25) is 5.91 Å². The van der Waals surface area contributed by atoms with E-state index in [1.165, 1.54) is 6.07 Å². The van der Waals surface area contributed by atoms with E-state index in [-0.39, 0.29) is 37.2 Å². The second-order valence-corrected chi connectivity index (χ2v) is 9.19. The van der Waals surface area contributed by atoms with E-state index in [4.69, 9.17) is 16.3 Å². The van der Waals surface area contributed by atoms with Crippen LogP contribution in [0.1, 0.15) is 28.8 Å². The largest absolute Gasteiger partial charge is 0.381 e. The summed E-state index contributed by atoms with van der Waals surface area (Å²) in [5, 5.41) is 15.5. The molecule has 3 aromatic carbocycles. The summed E-state index contributed by atoms with van der Waals surface area (Å²) in [5.41, 5.74) is 0.295. The molecule has 2 N–H and O–H groups in total. The molecule has 1 atom stereocenters. The van der Waals surface area contributed by atoms with E-state index >= 15 is 0 Å². The Morgan fingerprint density at radius 1 is 1.00 bits per heavy atom. The summed E-state index contributed by atoms with van der Waals surface area (Å²) in [5.74, 6) is -3.00. The highest BCUT2D eigenvalue weighted by Gasteiger charge is 2.37. The van der Waals surface area contributed by atoms with E-state index in [0.717, 1.165) is 23.3 Å². The van der Waals surface area contributed by atoms with Crippen LogP contribution in [0.5, 0.6) is 0 Å². The molecule has 6 nitrogen and oxygen atoms in total. The van der Waals surface area contributed by atoms with E-state index < -0.39 is 41.5 Å². The third-order valence-corrected chi connectivity index (χ3v) is 6.68. The van der Waals surface area contributed by atoms with E-state index in [2.05, 4.69) is 16.7 Å². The molecule has 4 rings (SSSR count). The SMILES string of the molecule is N#CC1(NC(=O)[C@H](Cc2c(F)cccc2F)NC(=O)c2ccc(-c3ccccc3Cl)cc2)CCOCC1. The van der Waals surface area contributed by atoms with Crippen LogP contribution < -0.4 is 10.6 Å². The van der Waals surface area contributed by atoms with Crippen LogP contribution in [0.4, 0.5) is 8.78 Å². The standard InChI is InChI=1S/C28H24ClF2N3O3/c29-22-5-2-1-4-20(22)18-8-10-19(11-9-18)26(35)33-25(16-21-23(30)6-3-7-24(21)31)27(36)34-28(17-32)12-14-37-15-13-28/h1-11,25H,12-16H2,(H,33,35)(H,34,36)/t25-/m0/s1. The summed E-state index contributed by atoms with van der Waals surface area (Å²) >= 11 is 6.25. The van der Waals surface area contributed by atoms with Crippen molar-refractivity contribution in [1.29, 1.82) is 5.26 Å². The average molecular weight is 524 g/mol. The van der Waals surface area contributed by atoms with Crippen LogP contribution in [0, 0.1) is 23.0 Å². The molecule has 0 spiro atoms. The fourth-order valence-electron chi connectivity index (χ4n) is 4.19. The van der Waals surface area contributed by atoms with Gasteiger partial charge in [-0.2, -0.15) is 5.26 Å². The second kappa shape index (κ2) is 11.5. The number of amides is 2. The molecule has 1 heterocycles. The molecule has 2 amide bonds. The zero-order valence-electron chi connectivity index (χ0n) is 19.8. The number of nitrogens with one attached hydrogen (secondary N) is 2. The van der Waals surface area contributed by atoms with Crippen molar-refractivity contribution in [2.75, 3.05) is 13.2 Å². The van der Waals surface area contributed by atoms with Gasteiger partial charge in [0.25, 0.3) is 5.91 Å². The lowest BCUT2D eigenvalue weighted by atomic mass is 9.91. The maximum absolute atomic E-state index is 14.4. The maximum atomic E-state index is 14.4. The Labute approximate surface area is 218 Å². The Hall–Kier alpha value is -3.80. The third-order valence-electron chi connectivity index (χ3n) is 6.35. The van der Waals surface area contributed by atoms with Crippen molar-refractivity contribution in [2.45, 2.75) is 30.8 Å². The Morgan fingerprint density at radius 3 is 2.27 bits per heavy atom. The molecule has 0 radical (unpaired) electrons. The van der Waals surface area contributed by atoms with Gasteiger partial charge in [-0.25, -0.2) is 8.78 Å². The Bertz CT molecular complexity index is 1310. The zero-order valence-corrected chi connectivity index (χ0v) is 20.5. The number of ether oxygens (including phenoxy) is 1. The molecule has 9 heteroatoms. The van der Waals surface area contributed by atoms with E-state index in [1.807, 2.05) is 18.2 Å². The molecule has 1 saturated heterocycles. The van der Waals surface area contributed by atoms with Crippen molar-refractivity contribution >= 4 is 23.4 Å². The molecule has 1 aliphatic heterocycles. The van der Waals surface area contributed by atoms with Gasteiger partial charge < -0.3 is 15.4 Å². The Balaban J connectivity index is 1.57. The summed E-state index contributed by atoms with van der Waals surface area (Å²) in [6, 6.07) is 18.0. The van der Waals surface area contributed by atoms with Crippen LogP contribution in [0.25, 0.3) is 11.1 Å². The van der Waals surface area contributed by atoms with Crippen molar-refractivity contribution in [2.24, 2.45) is 0 Å². The lowest BCUT2D eigenvalue weighted by molar-refractivity contribution is -0.125. The minimum atomic E-state index is -1.34. The molecule has 1 aliphatic rings. The van der Waals surface area contributed by atoms with Crippen molar-refractivity contribution < 1.29 is 23.1 Å². The lowest BCUT2D eigenvalue weighted by Gasteiger charge is -2.33. The van der Waals surface area contributed by atoms with Crippen LogP contribution >= 0.6 is 11.6 Å². The van der Waals surface area contributed by atoms with Crippen LogP contribution in [0.15, 0.2) is 66.7 Å². The van der Waals surface area contributed by atoms with Crippen LogP contribution in [0.3, 0.4) is 0 Å². The Morgan fingerprint density at radius 2 is 1.65 bits per heavy atom. The first-order valence-electron chi connectivity index (χ1n) is 11.7. The molecule has 3 aromatic rings. The first kappa shape index (κ1) is 26.3. The fraction of sp³-hybridized carbons (Fsp3) is 0.250. The van der Waals surface area contributed by atoms with Gasteiger partial charge in [0, 0.05) is 54.2 Å². The number of benzene rings is 3. The van der Waals surface area contributed by atoms with Gasteiger partial charge in [-0.15, -0.1) is 0 Å². The number of halogens is 3. The summed E-state index contributed by atoms with van der Waals surface area (Å²) in [4.78, 5) is 26.4. The van der Waals surface area contributed by atoms with E-state index in [0.29, 0.717) is 5.02 Å². The summed E-state index contributed by atoms with van der Waals surface area (Å²) in [7, 11) is 0.